The van der Waals surface area contributed by atoms with Crippen LogP contribution in [0.4, 0.5) is 5.69 Å². The summed E-state index contributed by atoms with van der Waals surface area (Å²) in [6.07, 6.45) is -0.906. The Morgan fingerprint density at radius 3 is 2.53 bits per heavy atom. The molecule has 0 bridgehead atoms. The Morgan fingerprint density at radius 2 is 2.11 bits per heavy atom. The van der Waals surface area contributed by atoms with E-state index >= 15 is 0 Å². The van der Waals surface area contributed by atoms with E-state index in [2.05, 4.69) is 0 Å². The van der Waals surface area contributed by atoms with Crippen molar-refractivity contribution in [1.82, 2.24) is 0 Å². The van der Waals surface area contributed by atoms with Crippen LogP contribution in [0.15, 0.2) is 17.0 Å². The van der Waals surface area contributed by atoms with Crippen molar-refractivity contribution in [3.8, 4) is 11.8 Å². The van der Waals surface area contributed by atoms with E-state index in [1.54, 1.807) is 6.07 Å². The normalized spacial score (nSPS) is 12.5. The van der Waals surface area contributed by atoms with Crippen LogP contribution >= 0.6 is 10.7 Å². The third-order valence-corrected chi connectivity index (χ3v) is 3.67. The van der Waals surface area contributed by atoms with Gasteiger partial charge >= 0.3 is 5.69 Å². The molecule has 9 heteroatoms. The van der Waals surface area contributed by atoms with Gasteiger partial charge < -0.3 is 4.74 Å². The molecule has 0 saturated heterocycles. The summed E-state index contributed by atoms with van der Waals surface area (Å²) < 4.78 is 27.6. The Kier molecular flexibility index (Phi) is 4.34. The first-order valence-electron chi connectivity index (χ1n) is 4.96. The van der Waals surface area contributed by atoms with Crippen LogP contribution in [0.25, 0.3) is 0 Å². The van der Waals surface area contributed by atoms with Gasteiger partial charge in [-0.3, -0.25) is 10.1 Å². The van der Waals surface area contributed by atoms with Crippen molar-refractivity contribution in [2.75, 3.05) is 0 Å². The van der Waals surface area contributed by atoms with E-state index < -0.39 is 25.8 Å². The van der Waals surface area contributed by atoms with E-state index in [4.69, 9.17) is 20.7 Å². The fourth-order valence-corrected chi connectivity index (χ4v) is 2.56. The molecule has 7 nitrogen and oxygen atoms in total. The zero-order chi connectivity index (χ0) is 14.8. The highest BCUT2D eigenvalue weighted by Gasteiger charge is 2.24. The lowest BCUT2D eigenvalue weighted by Gasteiger charge is -2.10. The van der Waals surface area contributed by atoms with Crippen molar-refractivity contribution < 1.29 is 18.1 Å². The number of nitrogens with zero attached hydrogens (tertiary/aromatic N) is 2. The van der Waals surface area contributed by atoms with Crippen molar-refractivity contribution in [1.29, 1.82) is 5.26 Å². The van der Waals surface area contributed by atoms with Gasteiger partial charge in [-0.2, -0.15) is 5.26 Å². The third-order valence-electron chi connectivity index (χ3n) is 2.20. The Hall–Kier alpha value is -1.85. The van der Waals surface area contributed by atoms with E-state index in [1.165, 1.54) is 19.9 Å². The predicted octanol–water partition coefficient (Wildman–Crippen LogP) is 2.12. The monoisotopic (exact) mass is 304 g/mol. The van der Waals surface area contributed by atoms with Gasteiger partial charge in [-0.05, 0) is 25.5 Å². The largest absolute Gasteiger partial charge is 0.469 e. The van der Waals surface area contributed by atoms with E-state index in [1.807, 2.05) is 0 Å². The van der Waals surface area contributed by atoms with Gasteiger partial charge in [0, 0.05) is 16.7 Å². The average molecular weight is 305 g/mol. The summed E-state index contributed by atoms with van der Waals surface area (Å²) >= 11 is 0. The molecule has 1 atom stereocenters. The van der Waals surface area contributed by atoms with Crippen LogP contribution in [-0.2, 0) is 9.05 Å². The number of nitro benzene ring substituents is 1. The molecule has 0 heterocycles. The molecule has 0 amide bonds. The molecule has 0 saturated carbocycles. The maximum Gasteiger partial charge on any atom is 0.312 e. The number of nitro groups is 1. The molecule has 0 spiro atoms. The summed E-state index contributed by atoms with van der Waals surface area (Å²) in [6.45, 7) is 2.83. The summed E-state index contributed by atoms with van der Waals surface area (Å²) in [4.78, 5) is 9.72. The van der Waals surface area contributed by atoms with Gasteiger partial charge in [-0.25, -0.2) is 8.42 Å². The maximum absolute atomic E-state index is 11.3. The van der Waals surface area contributed by atoms with Gasteiger partial charge in [0.15, 0.2) is 11.9 Å². The number of ether oxygens (including phenoxy) is 1. The minimum Gasteiger partial charge on any atom is -0.469 e. The number of hydrogen-bond donors (Lipinski definition) is 0. The highest BCUT2D eigenvalue weighted by molar-refractivity contribution is 8.13. The number of halogens is 1. The van der Waals surface area contributed by atoms with Crippen LogP contribution in [0, 0.1) is 28.4 Å². The van der Waals surface area contributed by atoms with Gasteiger partial charge in [0.05, 0.1) is 9.82 Å². The summed E-state index contributed by atoms with van der Waals surface area (Å²) in [6, 6.07) is 3.74. The smallest absolute Gasteiger partial charge is 0.312 e. The molecule has 1 unspecified atom stereocenters. The second-order valence-electron chi connectivity index (χ2n) is 3.67. The quantitative estimate of drug-likeness (QED) is 0.478. The molecule has 0 N–H and O–H groups in total. The lowest BCUT2D eigenvalue weighted by Crippen LogP contribution is -2.10. The fraction of sp³-hybridized carbons (Fsp3) is 0.300. The SMILES string of the molecule is Cc1cc(OC(C)C#N)c([N+](=O)[O-])cc1S(=O)(=O)Cl. The Bertz CT molecular complexity index is 665. The molecule has 0 aliphatic carbocycles. The number of benzene rings is 1. The van der Waals surface area contributed by atoms with Crippen molar-refractivity contribution in [2.45, 2.75) is 24.8 Å². The van der Waals surface area contributed by atoms with Crippen molar-refractivity contribution >= 4 is 25.4 Å². The van der Waals surface area contributed by atoms with Crippen molar-refractivity contribution in [3.63, 3.8) is 0 Å². The zero-order valence-electron chi connectivity index (χ0n) is 9.95. The molecule has 1 aromatic rings. The van der Waals surface area contributed by atoms with E-state index in [9.17, 15) is 18.5 Å². The van der Waals surface area contributed by atoms with Crippen molar-refractivity contribution in [2.24, 2.45) is 0 Å². The molecule has 0 aromatic heterocycles. The van der Waals surface area contributed by atoms with Crippen LogP contribution in [0.2, 0.25) is 0 Å². The van der Waals surface area contributed by atoms with Gasteiger partial charge in [-0.1, -0.05) is 0 Å². The first kappa shape index (κ1) is 15.2. The molecule has 0 radical (unpaired) electrons. The lowest BCUT2D eigenvalue weighted by atomic mass is 10.2. The molecular formula is C10H9ClN2O5S. The zero-order valence-corrected chi connectivity index (χ0v) is 11.5. The second kappa shape index (κ2) is 5.42. The lowest BCUT2D eigenvalue weighted by molar-refractivity contribution is -0.386. The van der Waals surface area contributed by atoms with Gasteiger partial charge in [0.25, 0.3) is 9.05 Å². The minimum absolute atomic E-state index is 0.180. The highest BCUT2D eigenvalue weighted by Crippen LogP contribution is 2.34. The molecule has 0 aliphatic heterocycles. The topological polar surface area (TPSA) is 110 Å². The fourth-order valence-electron chi connectivity index (χ4n) is 1.37. The number of aryl methyl sites for hydroxylation is 1. The average Bonchev–Trinajstić information content (AvgIpc) is 2.26. The summed E-state index contributed by atoms with van der Waals surface area (Å²) in [7, 11) is 1.09. The summed E-state index contributed by atoms with van der Waals surface area (Å²) in [5.74, 6) is -0.180. The molecule has 1 aromatic carbocycles. The summed E-state index contributed by atoms with van der Waals surface area (Å²) in [5.41, 5.74) is -0.368. The highest BCUT2D eigenvalue weighted by atomic mass is 35.7. The van der Waals surface area contributed by atoms with E-state index in [0.717, 1.165) is 6.07 Å². The standard InChI is InChI=1S/C10H9ClN2O5S/c1-6-3-9(18-7(2)5-12)8(13(14)15)4-10(6)19(11,16)17/h3-4,7H,1-2H3. The number of hydrogen-bond acceptors (Lipinski definition) is 6. The van der Waals surface area contributed by atoms with Crippen LogP contribution in [0.1, 0.15) is 12.5 Å². The van der Waals surface area contributed by atoms with Crippen molar-refractivity contribution in [3.05, 3.63) is 27.8 Å². The van der Waals surface area contributed by atoms with Crippen LogP contribution in [0.3, 0.4) is 0 Å². The first-order valence-corrected chi connectivity index (χ1v) is 7.27. The number of rotatable bonds is 4. The van der Waals surface area contributed by atoms with Gasteiger partial charge in [0.2, 0.25) is 0 Å². The van der Waals surface area contributed by atoms with E-state index in [-0.39, 0.29) is 16.2 Å². The Balaban J connectivity index is 3.47. The molecule has 19 heavy (non-hydrogen) atoms. The third kappa shape index (κ3) is 3.56. The molecular weight excluding hydrogens is 296 g/mol. The minimum atomic E-state index is -4.09. The van der Waals surface area contributed by atoms with Gasteiger partial charge in [-0.15, -0.1) is 0 Å². The Labute approximate surface area is 113 Å². The first-order chi connectivity index (χ1) is 8.66. The maximum atomic E-state index is 11.3. The predicted molar refractivity (Wildman–Crippen MR) is 66.6 cm³/mol. The molecule has 0 aliphatic rings. The molecule has 1 rings (SSSR count). The summed E-state index contributed by atoms with van der Waals surface area (Å²) in [5, 5.41) is 19.5. The van der Waals surface area contributed by atoms with E-state index in [0.29, 0.717) is 0 Å². The van der Waals surface area contributed by atoms with Crippen LogP contribution in [-0.4, -0.2) is 19.4 Å². The number of nitriles is 1. The Morgan fingerprint density at radius 1 is 1.53 bits per heavy atom. The van der Waals surface area contributed by atoms with Crippen LogP contribution in [0.5, 0.6) is 5.75 Å². The molecule has 102 valence electrons. The van der Waals surface area contributed by atoms with Crippen LogP contribution < -0.4 is 4.74 Å². The van der Waals surface area contributed by atoms with Gasteiger partial charge in [0.1, 0.15) is 6.07 Å². The molecule has 0 fully saturated rings. The second-order valence-corrected chi connectivity index (χ2v) is 6.20.